The number of fused-ring (bicyclic) bond motifs is 4. The van der Waals surface area contributed by atoms with E-state index in [4.69, 9.17) is 18.9 Å². The van der Waals surface area contributed by atoms with Crippen molar-refractivity contribution in [3.05, 3.63) is 46.5 Å². The zero-order valence-electron chi connectivity index (χ0n) is 19.4. The van der Waals surface area contributed by atoms with E-state index in [0.717, 1.165) is 68.1 Å². The SMILES string of the molecule is CCCC1(CCC)c2c(ccc(OC)c2OC)CC2=[N+]1CCc1cc3c(cc12)OCO3.[Cl-]. The Hall–Kier alpha value is -2.40. The van der Waals surface area contributed by atoms with Gasteiger partial charge in [0.05, 0.1) is 26.2 Å². The normalized spacial score (nSPS) is 17.1. The maximum atomic E-state index is 5.99. The van der Waals surface area contributed by atoms with Gasteiger partial charge in [0.2, 0.25) is 6.79 Å². The highest BCUT2D eigenvalue weighted by atomic mass is 35.5. The van der Waals surface area contributed by atoms with E-state index in [1.54, 1.807) is 14.2 Å². The van der Waals surface area contributed by atoms with Crippen molar-refractivity contribution in [2.75, 3.05) is 27.6 Å². The fourth-order valence-corrected chi connectivity index (χ4v) is 6.05. The number of rotatable bonds is 6. The summed E-state index contributed by atoms with van der Waals surface area (Å²) >= 11 is 0. The molecule has 2 aromatic rings. The number of halogens is 1. The van der Waals surface area contributed by atoms with Gasteiger partial charge in [-0.05, 0) is 42.2 Å². The number of hydrogen-bond donors (Lipinski definition) is 0. The van der Waals surface area contributed by atoms with Gasteiger partial charge in [-0.3, -0.25) is 0 Å². The summed E-state index contributed by atoms with van der Waals surface area (Å²) in [6.07, 6.45) is 6.28. The monoisotopic (exact) mass is 457 g/mol. The predicted molar refractivity (Wildman–Crippen MR) is 120 cm³/mol. The molecule has 0 amide bonds. The van der Waals surface area contributed by atoms with E-state index >= 15 is 0 Å². The lowest BCUT2D eigenvalue weighted by atomic mass is 9.72. The minimum absolute atomic E-state index is 0. The Morgan fingerprint density at radius 1 is 0.969 bits per heavy atom. The first kappa shape index (κ1) is 22.8. The first-order valence-corrected chi connectivity index (χ1v) is 11.5. The molecule has 0 radical (unpaired) electrons. The average molecular weight is 458 g/mol. The van der Waals surface area contributed by atoms with Crippen LogP contribution in [0.5, 0.6) is 23.0 Å². The molecular formula is C26H32ClNO4. The summed E-state index contributed by atoms with van der Waals surface area (Å²) in [5.41, 5.74) is 6.65. The van der Waals surface area contributed by atoms with E-state index < -0.39 is 0 Å². The standard InChI is InChI=1S/C26H32NO4.ClH/c1-5-10-26(11-6-2)24-18(7-8-21(28-3)25(24)29-4)13-20-19-15-23-22(30-16-31-23)14-17(19)9-12-27(20)26;/h7-8,14-15H,5-6,9-13,16H2,1-4H3;1H/q+1;/p-1. The molecule has 0 atom stereocenters. The lowest BCUT2D eigenvalue weighted by Gasteiger charge is -2.40. The van der Waals surface area contributed by atoms with Crippen LogP contribution in [0.25, 0.3) is 0 Å². The molecule has 3 aliphatic rings. The Morgan fingerprint density at radius 2 is 1.69 bits per heavy atom. The van der Waals surface area contributed by atoms with Crippen molar-refractivity contribution in [1.29, 1.82) is 0 Å². The van der Waals surface area contributed by atoms with Crippen molar-refractivity contribution in [1.82, 2.24) is 0 Å². The minimum Gasteiger partial charge on any atom is -1.00 e. The van der Waals surface area contributed by atoms with Gasteiger partial charge < -0.3 is 31.4 Å². The van der Waals surface area contributed by atoms with Crippen molar-refractivity contribution in [2.24, 2.45) is 0 Å². The summed E-state index contributed by atoms with van der Waals surface area (Å²) < 4.78 is 25.8. The second-order valence-corrected chi connectivity index (χ2v) is 8.75. The second kappa shape index (κ2) is 8.86. The third kappa shape index (κ3) is 3.24. The van der Waals surface area contributed by atoms with Gasteiger partial charge in [0.25, 0.3) is 0 Å². The van der Waals surface area contributed by atoms with E-state index in [9.17, 15) is 0 Å². The molecule has 3 aliphatic heterocycles. The molecule has 5 nitrogen and oxygen atoms in total. The van der Waals surface area contributed by atoms with Crippen LogP contribution in [0.15, 0.2) is 24.3 Å². The van der Waals surface area contributed by atoms with Crippen molar-refractivity contribution in [2.45, 2.75) is 57.9 Å². The van der Waals surface area contributed by atoms with E-state index in [-0.39, 0.29) is 17.9 Å². The van der Waals surface area contributed by atoms with Crippen molar-refractivity contribution in [3.8, 4) is 23.0 Å². The fraction of sp³-hybridized carbons (Fsp3) is 0.500. The molecule has 3 heterocycles. The van der Waals surface area contributed by atoms with Gasteiger partial charge in [-0.15, -0.1) is 0 Å². The number of hydrogen-bond acceptors (Lipinski definition) is 4. The fourth-order valence-electron chi connectivity index (χ4n) is 6.05. The van der Waals surface area contributed by atoms with E-state index in [0.29, 0.717) is 6.79 Å². The third-order valence-electron chi connectivity index (χ3n) is 7.14. The molecule has 0 spiro atoms. The summed E-state index contributed by atoms with van der Waals surface area (Å²) in [6, 6.07) is 8.68. The zero-order valence-corrected chi connectivity index (χ0v) is 20.2. The highest BCUT2D eigenvalue weighted by Crippen LogP contribution is 2.50. The van der Waals surface area contributed by atoms with Crippen LogP contribution in [0.2, 0.25) is 0 Å². The van der Waals surface area contributed by atoms with E-state index in [1.165, 1.54) is 28.0 Å². The van der Waals surface area contributed by atoms with E-state index in [2.05, 4.69) is 42.7 Å². The zero-order chi connectivity index (χ0) is 21.6. The topological polar surface area (TPSA) is 39.9 Å². The Balaban J connectivity index is 0.00000245. The first-order valence-electron chi connectivity index (χ1n) is 11.5. The predicted octanol–water partition coefficient (Wildman–Crippen LogP) is 1.85. The molecule has 2 aromatic carbocycles. The molecule has 0 N–H and O–H groups in total. The van der Waals surface area contributed by atoms with Crippen LogP contribution in [0.1, 0.15) is 61.8 Å². The third-order valence-corrected chi connectivity index (χ3v) is 7.14. The Morgan fingerprint density at radius 3 is 2.34 bits per heavy atom. The second-order valence-electron chi connectivity index (χ2n) is 8.75. The van der Waals surface area contributed by atoms with Crippen LogP contribution in [0.3, 0.4) is 0 Å². The summed E-state index contributed by atoms with van der Waals surface area (Å²) in [6.45, 7) is 5.89. The summed E-state index contributed by atoms with van der Waals surface area (Å²) in [7, 11) is 3.50. The van der Waals surface area contributed by atoms with Crippen LogP contribution in [-0.4, -0.2) is 37.8 Å². The van der Waals surface area contributed by atoms with Crippen molar-refractivity contribution in [3.63, 3.8) is 0 Å². The quantitative estimate of drug-likeness (QED) is 0.621. The number of ether oxygens (including phenoxy) is 4. The maximum absolute atomic E-state index is 5.99. The van der Waals surface area contributed by atoms with Crippen LogP contribution in [-0.2, 0) is 18.4 Å². The molecule has 32 heavy (non-hydrogen) atoms. The van der Waals surface area contributed by atoms with Crippen molar-refractivity contribution < 1.29 is 35.9 Å². The van der Waals surface area contributed by atoms with Crippen molar-refractivity contribution >= 4 is 5.71 Å². The highest BCUT2D eigenvalue weighted by Gasteiger charge is 2.52. The molecule has 0 aliphatic carbocycles. The van der Waals surface area contributed by atoms with Gasteiger partial charge in [0.15, 0.2) is 34.2 Å². The molecule has 6 heteroatoms. The molecule has 0 fully saturated rings. The first-order chi connectivity index (χ1) is 15.2. The van der Waals surface area contributed by atoms with Crippen LogP contribution in [0.4, 0.5) is 0 Å². The Kier molecular flexibility index (Phi) is 6.30. The lowest BCUT2D eigenvalue weighted by molar-refractivity contribution is -0.624. The van der Waals surface area contributed by atoms with Crippen LogP contribution < -0.4 is 31.4 Å². The number of benzene rings is 2. The molecule has 0 bridgehead atoms. The maximum Gasteiger partial charge on any atom is 0.231 e. The smallest absolute Gasteiger partial charge is 0.231 e. The molecule has 0 aromatic heterocycles. The Labute approximate surface area is 196 Å². The molecule has 5 rings (SSSR count). The average Bonchev–Trinajstić information content (AvgIpc) is 3.24. The lowest BCUT2D eigenvalue weighted by Crippen LogP contribution is -3.00. The Bertz CT molecular complexity index is 1060. The summed E-state index contributed by atoms with van der Waals surface area (Å²) in [5, 5.41) is 0. The van der Waals surface area contributed by atoms with Gasteiger partial charge >= 0.3 is 0 Å². The highest BCUT2D eigenvalue weighted by molar-refractivity contribution is 6.02. The van der Waals surface area contributed by atoms with E-state index in [1.807, 2.05) is 0 Å². The largest absolute Gasteiger partial charge is 1.00 e. The van der Waals surface area contributed by atoms with Gasteiger partial charge in [-0.25, -0.2) is 4.58 Å². The van der Waals surface area contributed by atoms with Gasteiger partial charge in [0.1, 0.15) is 6.54 Å². The van der Waals surface area contributed by atoms with Gasteiger partial charge in [-0.1, -0.05) is 19.9 Å². The molecule has 0 saturated carbocycles. The van der Waals surface area contributed by atoms with Crippen LogP contribution >= 0.6 is 0 Å². The van der Waals surface area contributed by atoms with Crippen LogP contribution in [0, 0.1) is 0 Å². The minimum atomic E-state index is -0.0969. The van der Waals surface area contributed by atoms with Gasteiger partial charge in [-0.2, -0.15) is 0 Å². The summed E-state index contributed by atoms with van der Waals surface area (Å²) in [5.74, 6) is 3.46. The number of methoxy groups -OCH3 is 2. The number of nitrogens with zero attached hydrogens (tertiary/aromatic N) is 1. The van der Waals surface area contributed by atoms with Gasteiger partial charge in [0, 0.05) is 24.8 Å². The molecule has 172 valence electrons. The summed E-state index contributed by atoms with van der Waals surface area (Å²) in [4.78, 5) is 0. The molecule has 0 saturated heterocycles. The molecule has 0 unspecified atom stereocenters. The molecular weight excluding hydrogens is 426 g/mol.